The molecule has 0 amide bonds. The molecule has 1 aromatic heterocycles. The smallest absolute Gasteiger partial charge is 0.0871 e. The molecule has 0 fully saturated rings. The van der Waals surface area contributed by atoms with Crippen LogP contribution in [-0.2, 0) is 19.4 Å². The van der Waals surface area contributed by atoms with Crippen molar-refractivity contribution in [1.82, 2.24) is 15.0 Å². The maximum atomic E-state index is 5.56. The van der Waals surface area contributed by atoms with Crippen molar-refractivity contribution in [3.05, 3.63) is 11.4 Å². The normalized spacial score (nSPS) is 10.9. The lowest BCUT2D eigenvalue weighted by molar-refractivity contribution is 0.513. The van der Waals surface area contributed by atoms with Crippen LogP contribution < -0.4 is 5.73 Å². The first-order valence-electron chi connectivity index (χ1n) is 6.44. The van der Waals surface area contributed by atoms with Gasteiger partial charge < -0.3 is 5.73 Å². The van der Waals surface area contributed by atoms with Crippen LogP contribution >= 0.6 is 0 Å². The summed E-state index contributed by atoms with van der Waals surface area (Å²) in [6.45, 7) is 6.04. The molecule has 0 spiro atoms. The van der Waals surface area contributed by atoms with E-state index in [4.69, 9.17) is 5.73 Å². The van der Waals surface area contributed by atoms with Crippen LogP contribution in [0.4, 0.5) is 0 Å². The summed E-state index contributed by atoms with van der Waals surface area (Å²) >= 11 is 0. The van der Waals surface area contributed by atoms with E-state index in [1.165, 1.54) is 31.4 Å². The molecule has 0 saturated carbocycles. The summed E-state index contributed by atoms with van der Waals surface area (Å²) < 4.78 is 2.06. The van der Waals surface area contributed by atoms with Gasteiger partial charge in [0, 0.05) is 13.0 Å². The van der Waals surface area contributed by atoms with Gasteiger partial charge in [0.25, 0.3) is 0 Å². The zero-order chi connectivity index (χ0) is 11.8. The van der Waals surface area contributed by atoms with Gasteiger partial charge in [0.15, 0.2) is 0 Å². The first kappa shape index (κ1) is 13.2. The monoisotopic (exact) mass is 224 g/mol. The van der Waals surface area contributed by atoms with Gasteiger partial charge in [0.05, 0.1) is 11.4 Å². The Bertz CT molecular complexity index is 293. The van der Waals surface area contributed by atoms with Crippen LogP contribution in [0.3, 0.4) is 0 Å². The average molecular weight is 224 g/mol. The zero-order valence-corrected chi connectivity index (χ0v) is 10.6. The van der Waals surface area contributed by atoms with E-state index >= 15 is 0 Å². The zero-order valence-electron chi connectivity index (χ0n) is 10.6. The molecule has 16 heavy (non-hydrogen) atoms. The van der Waals surface area contributed by atoms with Crippen LogP contribution in [0.25, 0.3) is 0 Å². The Hall–Kier alpha value is -0.900. The van der Waals surface area contributed by atoms with Gasteiger partial charge in [0.2, 0.25) is 0 Å². The van der Waals surface area contributed by atoms with Crippen molar-refractivity contribution in [1.29, 1.82) is 0 Å². The second kappa shape index (κ2) is 7.39. The molecule has 0 aromatic carbocycles. The third-order valence-corrected chi connectivity index (χ3v) is 2.86. The largest absolute Gasteiger partial charge is 0.330 e. The van der Waals surface area contributed by atoms with E-state index in [0.29, 0.717) is 6.54 Å². The number of rotatable bonds is 8. The number of aromatic nitrogens is 3. The first-order valence-corrected chi connectivity index (χ1v) is 6.44. The van der Waals surface area contributed by atoms with Gasteiger partial charge in [-0.1, -0.05) is 38.3 Å². The van der Waals surface area contributed by atoms with E-state index in [9.17, 15) is 0 Å². The number of nitrogens with two attached hydrogens (primary N) is 1. The van der Waals surface area contributed by atoms with Crippen molar-refractivity contribution in [3.63, 3.8) is 0 Å². The standard InChI is InChI=1S/C12H24N4/c1-3-5-6-7-10-16-12(4-2)11(8-9-13)14-15-16/h3-10,13H2,1-2H3. The molecule has 1 rings (SSSR count). The predicted octanol–water partition coefficient (Wildman–Crippen LogP) is 1.92. The number of hydrogen-bond acceptors (Lipinski definition) is 3. The summed E-state index contributed by atoms with van der Waals surface area (Å²) in [5.74, 6) is 0. The molecule has 2 N–H and O–H groups in total. The van der Waals surface area contributed by atoms with Gasteiger partial charge >= 0.3 is 0 Å². The fourth-order valence-corrected chi connectivity index (χ4v) is 1.95. The van der Waals surface area contributed by atoms with E-state index in [1.54, 1.807) is 0 Å². The van der Waals surface area contributed by atoms with E-state index in [1.807, 2.05) is 0 Å². The summed E-state index contributed by atoms with van der Waals surface area (Å²) in [4.78, 5) is 0. The molecule has 0 aliphatic carbocycles. The van der Waals surface area contributed by atoms with Crippen molar-refractivity contribution < 1.29 is 0 Å². The second-order valence-corrected chi connectivity index (χ2v) is 4.16. The van der Waals surface area contributed by atoms with Crippen LogP contribution in [0, 0.1) is 0 Å². The van der Waals surface area contributed by atoms with Gasteiger partial charge in [-0.25, -0.2) is 4.68 Å². The van der Waals surface area contributed by atoms with Crippen molar-refractivity contribution in [2.75, 3.05) is 6.54 Å². The Morgan fingerprint density at radius 2 is 2.00 bits per heavy atom. The highest BCUT2D eigenvalue weighted by Crippen LogP contribution is 2.09. The van der Waals surface area contributed by atoms with Crippen LogP contribution in [-0.4, -0.2) is 21.5 Å². The lowest BCUT2D eigenvalue weighted by Crippen LogP contribution is -2.08. The summed E-state index contributed by atoms with van der Waals surface area (Å²) in [7, 11) is 0. The van der Waals surface area contributed by atoms with E-state index in [2.05, 4.69) is 28.8 Å². The SMILES string of the molecule is CCCCCCn1nnc(CCN)c1CC. The molecule has 0 unspecified atom stereocenters. The number of hydrogen-bond donors (Lipinski definition) is 1. The molecule has 1 heterocycles. The molecule has 0 radical (unpaired) electrons. The maximum Gasteiger partial charge on any atom is 0.0871 e. The average Bonchev–Trinajstić information content (AvgIpc) is 2.67. The third-order valence-electron chi connectivity index (χ3n) is 2.86. The molecule has 92 valence electrons. The Morgan fingerprint density at radius 1 is 1.19 bits per heavy atom. The molecule has 0 aliphatic rings. The van der Waals surface area contributed by atoms with Crippen molar-refractivity contribution in [2.45, 2.75) is 58.9 Å². The fraction of sp³-hybridized carbons (Fsp3) is 0.833. The molecule has 0 saturated heterocycles. The van der Waals surface area contributed by atoms with Gasteiger partial charge in [-0.3, -0.25) is 0 Å². The highest BCUT2D eigenvalue weighted by molar-refractivity contribution is 5.10. The Labute approximate surface area is 98.2 Å². The Morgan fingerprint density at radius 3 is 2.62 bits per heavy atom. The number of aryl methyl sites for hydroxylation is 1. The minimum atomic E-state index is 0.654. The summed E-state index contributed by atoms with van der Waals surface area (Å²) in [6, 6.07) is 0. The van der Waals surface area contributed by atoms with Crippen LogP contribution in [0.1, 0.15) is 50.9 Å². The van der Waals surface area contributed by atoms with E-state index in [-0.39, 0.29) is 0 Å². The molecule has 1 aromatic rings. The van der Waals surface area contributed by atoms with Crippen molar-refractivity contribution >= 4 is 0 Å². The van der Waals surface area contributed by atoms with Crippen molar-refractivity contribution in [2.24, 2.45) is 5.73 Å². The van der Waals surface area contributed by atoms with Crippen LogP contribution in [0.5, 0.6) is 0 Å². The molecule has 4 heteroatoms. The lowest BCUT2D eigenvalue weighted by atomic mass is 10.2. The predicted molar refractivity (Wildman–Crippen MR) is 66.3 cm³/mol. The highest BCUT2D eigenvalue weighted by atomic mass is 15.4. The molecule has 0 aliphatic heterocycles. The van der Waals surface area contributed by atoms with Crippen LogP contribution in [0.15, 0.2) is 0 Å². The summed E-state index contributed by atoms with van der Waals surface area (Å²) in [5, 5.41) is 8.42. The Kier molecular flexibility index (Phi) is 6.08. The van der Waals surface area contributed by atoms with E-state index in [0.717, 1.165) is 25.1 Å². The molecule has 4 nitrogen and oxygen atoms in total. The summed E-state index contributed by atoms with van der Waals surface area (Å²) in [5.41, 5.74) is 7.91. The number of nitrogens with zero attached hydrogens (tertiary/aromatic N) is 3. The van der Waals surface area contributed by atoms with Crippen molar-refractivity contribution in [3.8, 4) is 0 Å². The minimum absolute atomic E-state index is 0.654. The maximum absolute atomic E-state index is 5.56. The quantitative estimate of drug-likeness (QED) is 0.686. The van der Waals surface area contributed by atoms with E-state index < -0.39 is 0 Å². The van der Waals surface area contributed by atoms with Gasteiger partial charge in [-0.2, -0.15) is 0 Å². The minimum Gasteiger partial charge on any atom is -0.330 e. The second-order valence-electron chi connectivity index (χ2n) is 4.16. The Balaban J connectivity index is 2.51. The molecule has 0 atom stereocenters. The van der Waals surface area contributed by atoms with Crippen LogP contribution in [0.2, 0.25) is 0 Å². The third kappa shape index (κ3) is 3.59. The molecule has 0 bridgehead atoms. The van der Waals surface area contributed by atoms with Gasteiger partial charge in [-0.15, -0.1) is 5.10 Å². The van der Waals surface area contributed by atoms with Gasteiger partial charge in [0.1, 0.15) is 0 Å². The fourth-order valence-electron chi connectivity index (χ4n) is 1.95. The molecular weight excluding hydrogens is 200 g/mol. The summed E-state index contributed by atoms with van der Waals surface area (Å²) in [6.07, 6.45) is 6.91. The highest BCUT2D eigenvalue weighted by Gasteiger charge is 2.09. The first-order chi connectivity index (χ1) is 7.83. The van der Waals surface area contributed by atoms with Gasteiger partial charge in [-0.05, 0) is 19.4 Å². The lowest BCUT2D eigenvalue weighted by Gasteiger charge is -2.05. The topological polar surface area (TPSA) is 56.7 Å². The number of unbranched alkanes of at least 4 members (excludes halogenated alkanes) is 3. The molecular formula is C12H24N4.